The molecule has 3 aromatic carbocycles. The lowest BCUT2D eigenvalue weighted by molar-refractivity contribution is 1.13. The molecule has 0 unspecified atom stereocenters. The number of para-hydroxylation sites is 2. The highest BCUT2D eigenvalue weighted by atomic mass is 32.1. The number of fused-ring (bicyclic) bond motifs is 4. The summed E-state index contributed by atoms with van der Waals surface area (Å²) >= 11 is 7.16. The third-order valence-electron chi connectivity index (χ3n) is 4.88. The van der Waals surface area contributed by atoms with Crippen LogP contribution in [0.1, 0.15) is 0 Å². The van der Waals surface area contributed by atoms with Crippen molar-refractivity contribution in [3.8, 4) is 0 Å². The number of nitrogens with zero attached hydrogens (tertiary/aromatic N) is 3. The zero-order valence-electron chi connectivity index (χ0n) is 16.5. The number of rotatable bonds is 3. The fourth-order valence-electron chi connectivity index (χ4n) is 3.35. The Hall–Kier alpha value is -3.29. The highest BCUT2D eigenvalue weighted by Gasteiger charge is 2.11. The molecule has 0 saturated carbocycles. The highest BCUT2D eigenvalue weighted by Crippen LogP contribution is 2.34. The Morgan fingerprint density at radius 3 is 2.27 bits per heavy atom. The normalized spacial score (nSPS) is 11.1. The lowest BCUT2D eigenvalue weighted by Crippen LogP contribution is -2.19. The van der Waals surface area contributed by atoms with Crippen LogP contribution in [0.25, 0.3) is 31.5 Å². The molecule has 0 aliphatic heterocycles. The van der Waals surface area contributed by atoms with Crippen molar-refractivity contribution in [1.82, 2.24) is 9.97 Å². The number of anilines is 3. The molecule has 0 aliphatic rings. The van der Waals surface area contributed by atoms with E-state index in [0.717, 1.165) is 48.5 Å². The molecule has 5 nitrogen and oxygen atoms in total. The number of benzene rings is 3. The van der Waals surface area contributed by atoms with Gasteiger partial charge < -0.3 is 15.5 Å². The molecule has 2 aromatic heterocycles. The van der Waals surface area contributed by atoms with E-state index in [1.54, 1.807) is 11.3 Å². The summed E-state index contributed by atoms with van der Waals surface area (Å²) in [4.78, 5) is 12.6. The number of thiophene rings is 1. The summed E-state index contributed by atoms with van der Waals surface area (Å²) in [6.07, 6.45) is 0. The van der Waals surface area contributed by atoms with Crippen molar-refractivity contribution < 1.29 is 0 Å². The summed E-state index contributed by atoms with van der Waals surface area (Å²) in [5.74, 6) is 0. The van der Waals surface area contributed by atoms with Gasteiger partial charge in [0, 0.05) is 41.2 Å². The van der Waals surface area contributed by atoms with Crippen LogP contribution in [0.5, 0.6) is 0 Å². The van der Waals surface area contributed by atoms with Gasteiger partial charge >= 0.3 is 0 Å². The average Bonchev–Trinajstić information content (AvgIpc) is 3.09. The van der Waals surface area contributed by atoms with Gasteiger partial charge in [-0.15, -0.1) is 11.3 Å². The van der Waals surface area contributed by atoms with E-state index < -0.39 is 0 Å². The van der Waals surface area contributed by atoms with Crippen LogP contribution in [0.2, 0.25) is 0 Å². The monoisotopic (exact) mass is 429 g/mol. The van der Waals surface area contributed by atoms with E-state index in [0.29, 0.717) is 5.11 Å². The van der Waals surface area contributed by atoms with Gasteiger partial charge in [0.25, 0.3) is 0 Å². The summed E-state index contributed by atoms with van der Waals surface area (Å²) in [7, 11) is 4.04. The highest BCUT2D eigenvalue weighted by molar-refractivity contribution is 7.80. The van der Waals surface area contributed by atoms with E-state index in [4.69, 9.17) is 22.2 Å². The number of hydrogen-bond donors (Lipinski definition) is 2. The van der Waals surface area contributed by atoms with Crippen molar-refractivity contribution in [3.63, 3.8) is 0 Å². The Balaban J connectivity index is 1.42. The van der Waals surface area contributed by atoms with Crippen LogP contribution in [-0.2, 0) is 0 Å². The van der Waals surface area contributed by atoms with Gasteiger partial charge in [-0.3, -0.25) is 0 Å². The first kappa shape index (κ1) is 18.7. The Kier molecular flexibility index (Phi) is 4.69. The van der Waals surface area contributed by atoms with Gasteiger partial charge in [0.1, 0.15) is 10.3 Å². The molecule has 0 spiro atoms. The topological polar surface area (TPSA) is 53.1 Å². The zero-order chi connectivity index (χ0) is 20.7. The van der Waals surface area contributed by atoms with E-state index >= 15 is 0 Å². The van der Waals surface area contributed by atoms with Crippen molar-refractivity contribution in [2.45, 2.75) is 0 Å². The minimum absolute atomic E-state index is 0.544. The van der Waals surface area contributed by atoms with E-state index in [1.165, 1.54) is 0 Å². The molecule has 148 valence electrons. The first-order valence-electron chi connectivity index (χ1n) is 9.51. The third-order valence-corrected chi connectivity index (χ3v) is 6.14. The molecule has 0 saturated heterocycles. The van der Waals surface area contributed by atoms with Crippen molar-refractivity contribution in [1.29, 1.82) is 0 Å². The molecule has 30 heavy (non-hydrogen) atoms. The summed E-state index contributed by atoms with van der Waals surface area (Å²) in [5, 5.41) is 8.14. The number of aromatic nitrogens is 2. The molecule has 2 heterocycles. The summed E-state index contributed by atoms with van der Waals surface area (Å²) in [6, 6.07) is 22.3. The Labute approximate surface area is 183 Å². The van der Waals surface area contributed by atoms with Crippen LogP contribution in [0.4, 0.5) is 17.1 Å². The number of nitrogens with one attached hydrogen (secondary N) is 2. The molecule has 0 radical (unpaired) electrons. The van der Waals surface area contributed by atoms with Gasteiger partial charge in [0.15, 0.2) is 5.11 Å². The lowest BCUT2D eigenvalue weighted by atomic mass is 10.2. The maximum atomic E-state index is 5.51. The fraction of sp³-hybridized carbons (Fsp3) is 0.0870. The molecule has 0 fully saturated rings. The second kappa shape index (κ2) is 7.51. The predicted molar refractivity (Wildman–Crippen MR) is 133 cm³/mol. The largest absolute Gasteiger partial charge is 0.378 e. The summed E-state index contributed by atoms with van der Waals surface area (Å²) in [5.41, 5.74) is 5.75. The maximum absolute atomic E-state index is 5.51. The predicted octanol–water partition coefficient (Wildman–Crippen LogP) is 5.87. The van der Waals surface area contributed by atoms with Gasteiger partial charge in [-0.25, -0.2) is 9.97 Å². The van der Waals surface area contributed by atoms with Crippen LogP contribution < -0.4 is 15.5 Å². The Bertz CT molecular complexity index is 1390. The van der Waals surface area contributed by atoms with Crippen LogP contribution in [0.15, 0.2) is 66.7 Å². The van der Waals surface area contributed by atoms with Crippen LogP contribution >= 0.6 is 23.6 Å². The smallest absolute Gasteiger partial charge is 0.175 e. The van der Waals surface area contributed by atoms with Gasteiger partial charge in [0.05, 0.1) is 11.0 Å². The molecule has 0 amide bonds. The molecule has 0 aliphatic carbocycles. The fourth-order valence-corrected chi connectivity index (χ4v) is 4.59. The Morgan fingerprint density at radius 1 is 0.867 bits per heavy atom. The van der Waals surface area contributed by atoms with Crippen molar-refractivity contribution in [3.05, 3.63) is 66.7 Å². The first-order valence-corrected chi connectivity index (χ1v) is 10.7. The van der Waals surface area contributed by atoms with Gasteiger partial charge in [-0.2, -0.15) is 0 Å². The molecule has 2 N–H and O–H groups in total. The van der Waals surface area contributed by atoms with Crippen LogP contribution in [0, 0.1) is 0 Å². The number of thiocarbonyl (C=S) groups is 1. The molecular weight excluding hydrogens is 410 g/mol. The van der Waals surface area contributed by atoms with Crippen molar-refractivity contribution in [2.75, 3.05) is 29.6 Å². The summed E-state index contributed by atoms with van der Waals surface area (Å²) < 4.78 is 1.16. The molecule has 7 heteroatoms. The molecule has 0 atom stereocenters. The quantitative estimate of drug-likeness (QED) is 0.350. The number of hydrogen-bond acceptors (Lipinski definition) is 5. The standard InChI is InChI=1S/C23H19N5S2/c1-28(2)16-10-7-14(8-11-16)24-23(29)25-15-9-12-20-17(13-15)21-22(30-20)27-19-6-4-3-5-18(19)26-21/h3-13H,1-2H3,(H2,24,25,29). The minimum atomic E-state index is 0.544. The molecular formula is C23H19N5S2. The van der Waals surface area contributed by atoms with Crippen LogP contribution in [0.3, 0.4) is 0 Å². The van der Waals surface area contributed by atoms with E-state index in [1.807, 2.05) is 56.6 Å². The Morgan fingerprint density at radius 2 is 1.53 bits per heavy atom. The van der Waals surface area contributed by atoms with E-state index in [9.17, 15) is 0 Å². The van der Waals surface area contributed by atoms with Gasteiger partial charge in [0.2, 0.25) is 0 Å². The first-order chi connectivity index (χ1) is 14.6. The average molecular weight is 430 g/mol. The van der Waals surface area contributed by atoms with E-state index in [-0.39, 0.29) is 0 Å². The van der Waals surface area contributed by atoms with Crippen LogP contribution in [-0.4, -0.2) is 29.2 Å². The molecule has 5 aromatic rings. The second-order valence-electron chi connectivity index (χ2n) is 7.20. The third kappa shape index (κ3) is 3.53. The van der Waals surface area contributed by atoms with Gasteiger partial charge in [-0.1, -0.05) is 12.1 Å². The van der Waals surface area contributed by atoms with Gasteiger partial charge in [-0.05, 0) is 66.8 Å². The zero-order valence-corrected chi connectivity index (χ0v) is 18.1. The van der Waals surface area contributed by atoms with E-state index in [2.05, 4.69) is 39.8 Å². The molecule has 5 rings (SSSR count). The van der Waals surface area contributed by atoms with Crippen molar-refractivity contribution in [2.24, 2.45) is 0 Å². The second-order valence-corrected chi connectivity index (χ2v) is 8.64. The SMILES string of the molecule is CN(C)c1ccc(NC(=S)Nc2ccc3sc4nc5ccccc5nc4c3c2)cc1. The minimum Gasteiger partial charge on any atom is -0.378 e. The molecule has 0 bridgehead atoms. The lowest BCUT2D eigenvalue weighted by Gasteiger charge is -2.14. The van der Waals surface area contributed by atoms with Crippen molar-refractivity contribution >= 4 is 77.2 Å². The maximum Gasteiger partial charge on any atom is 0.175 e. The summed E-state index contributed by atoms with van der Waals surface area (Å²) in [6.45, 7) is 0.